The van der Waals surface area contributed by atoms with Gasteiger partial charge in [0.05, 0.1) is 0 Å². The van der Waals surface area contributed by atoms with Gasteiger partial charge in [-0.3, -0.25) is 0 Å². The molecule has 0 heterocycles. The van der Waals surface area contributed by atoms with Crippen molar-refractivity contribution >= 4 is 51.2 Å². The molecule has 0 amide bonds. The van der Waals surface area contributed by atoms with Crippen LogP contribution < -0.4 is 14.7 Å². The molecule has 0 spiro atoms. The van der Waals surface area contributed by atoms with Gasteiger partial charge in [-0.1, -0.05) is 137 Å². The molecule has 0 aliphatic rings. The zero-order valence-electron chi connectivity index (χ0n) is 36.1. The van der Waals surface area contributed by atoms with Crippen LogP contribution in [-0.2, 0) is 0 Å². The first-order valence-electron chi connectivity index (χ1n) is 21.4. The Labute approximate surface area is 367 Å². The summed E-state index contributed by atoms with van der Waals surface area (Å²) in [4.78, 5) is 6.97. The normalized spacial score (nSPS) is 11.0. The highest BCUT2D eigenvalue weighted by Gasteiger charge is 2.17. The highest BCUT2D eigenvalue weighted by molar-refractivity contribution is 5.83. The minimum atomic E-state index is 1.10. The number of hydrogen-bond donors (Lipinski definition) is 0. The van der Waals surface area contributed by atoms with Gasteiger partial charge in [-0.05, 0) is 166 Å². The fraction of sp³-hybridized carbons (Fsp3) is 0.0847. The molecule has 0 aliphatic carbocycles. The highest BCUT2D eigenvalue weighted by Crippen LogP contribution is 2.40. The Kier molecular flexibility index (Phi) is 11.3. The molecule has 3 heteroatoms. The van der Waals surface area contributed by atoms with Crippen molar-refractivity contribution < 1.29 is 0 Å². The van der Waals surface area contributed by atoms with E-state index in [0.29, 0.717) is 0 Å². The van der Waals surface area contributed by atoms with Crippen molar-refractivity contribution in [1.82, 2.24) is 0 Å². The van der Waals surface area contributed by atoms with E-state index in [2.05, 4.69) is 268 Å². The molecule has 0 aromatic heterocycles. The molecule has 0 atom stereocenters. The second-order valence-corrected chi connectivity index (χ2v) is 16.4. The first kappa shape index (κ1) is 39.8. The Balaban J connectivity index is 0.980. The van der Waals surface area contributed by atoms with Crippen LogP contribution in [0, 0.1) is 34.6 Å². The van der Waals surface area contributed by atoms with Crippen LogP contribution in [0.3, 0.4) is 0 Å². The average molecular weight is 802 g/mol. The van der Waals surface area contributed by atoms with E-state index < -0.39 is 0 Å². The van der Waals surface area contributed by atoms with Crippen LogP contribution in [0.1, 0.15) is 27.8 Å². The molecule has 9 rings (SSSR count). The fourth-order valence-corrected chi connectivity index (χ4v) is 8.02. The Morgan fingerprint density at radius 1 is 0.161 bits per heavy atom. The summed E-state index contributed by atoms with van der Waals surface area (Å²) in [5.41, 5.74) is 21.0. The Hall–Kier alpha value is -7.62. The van der Waals surface area contributed by atoms with E-state index in [1.165, 1.54) is 50.1 Å². The van der Waals surface area contributed by atoms with Crippen LogP contribution in [0.25, 0.3) is 22.3 Å². The van der Waals surface area contributed by atoms with Crippen LogP contribution in [0.15, 0.2) is 218 Å². The van der Waals surface area contributed by atoms with Crippen molar-refractivity contribution in [1.29, 1.82) is 0 Å². The van der Waals surface area contributed by atoms with Gasteiger partial charge in [0.1, 0.15) is 0 Å². The van der Waals surface area contributed by atoms with Gasteiger partial charge < -0.3 is 14.7 Å². The van der Waals surface area contributed by atoms with E-state index >= 15 is 0 Å². The Morgan fingerprint density at radius 2 is 0.274 bits per heavy atom. The van der Waals surface area contributed by atoms with E-state index in [-0.39, 0.29) is 0 Å². The summed E-state index contributed by atoms with van der Waals surface area (Å²) >= 11 is 0. The van der Waals surface area contributed by atoms with E-state index in [1.54, 1.807) is 0 Å². The Morgan fingerprint density at radius 3 is 0.403 bits per heavy atom. The van der Waals surface area contributed by atoms with Crippen LogP contribution in [0.4, 0.5) is 51.2 Å². The maximum absolute atomic E-state index is 2.33. The summed E-state index contributed by atoms with van der Waals surface area (Å²) in [6.45, 7) is 10.7. The first-order chi connectivity index (χ1) is 30.3. The first-order valence-corrected chi connectivity index (χ1v) is 21.4. The third kappa shape index (κ3) is 8.66. The van der Waals surface area contributed by atoms with Gasteiger partial charge in [0.25, 0.3) is 0 Å². The second kappa shape index (κ2) is 17.5. The van der Waals surface area contributed by atoms with Crippen molar-refractivity contribution in [3.05, 3.63) is 246 Å². The lowest BCUT2D eigenvalue weighted by Crippen LogP contribution is -2.10. The van der Waals surface area contributed by atoms with Crippen molar-refractivity contribution in [2.75, 3.05) is 14.7 Å². The second-order valence-electron chi connectivity index (χ2n) is 16.4. The molecule has 0 saturated heterocycles. The van der Waals surface area contributed by atoms with E-state index in [4.69, 9.17) is 0 Å². The number of rotatable bonds is 11. The third-order valence-electron chi connectivity index (χ3n) is 11.6. The third-order valence-corrected chi connectivity index (χ3v) is 11.6. The van der Waals surface area contributed by atoms with Gasteiger partial charge in [-0.15, -0.1) is 0 Å². The van der Waals surface area contributed by atoms with Crippen molar-refractivity contribution in [2.24, 2.45) is 0 Å². The van der Waals surface area contributed by atoms with Gasteiger partial charge >= 0.3 is 0 Å². The van der Waals surface area contributed by atoms with Crippen LogP contribution in [0.5, 0.6) is 0 Å². The lowest BCUT2D eigenvalue weighted by Gasteiger charge is -2.27. The molecule has 302 valence electrons. The van der Waals surface area contributed by atoms with Gasteiger partial charge in [-0.2, -0.15) is 0 Å². The standard InChI is InChI=1S/C59H51N3/c1-42-6-24-51(25-7-42)60(52-26-8-43(2)9-27-52)56-34-16-47(17-35-56)49-20-38-58(39-21-49)62(55-32-14-46(5)15-33-55)59-40-22-50(23-41-59)48-18-36-57(37-19-48)61(53-28-10-44(3)11-29-53)54-30-12-45(4)13-31-54/h6-41H,1-5H3. The van der Waals surface area contributed by atoms with E-state index in [1.807, 2.05) is 0 Å². The van der Waals surface area contributed by atoms with Gasteiger partial charge in [0, 0.05) is 51.2 Å². The summed E-state index contributed by atoms with van der Waals surface area (Å²) in [7, 11) is 0. The van der Waals surface area contributed by atoms with Crippen molar-refractivity contribution in [3.63, 3.8) is 0 Å². The number of hydrogen-bond acceptors (Lipinski definition) is 3. The molecule has 0 radical (unpaired) electrons. The summed E-state index contributed by atoms with van der Waals surface area (Å²) in [6.07, 6.45) is 0. The monoisotopic (exact) mass is 801 g/mol. The lowest BCUT2D eigenvalue weighted by atomic mass is 10.0. The van der Waals surface area contributed by atoms with Crippen LogP contribution >= 0.6 is 0 Å². The molecule has 9 aromatic rings. The Bertz CT molecular complexity index is 2590. The summed E-state index contributed by atoms with van der Waals surface area (Å²) < 4.78 is 0. The number of anilines is 9. The van der Waals surface area contributed by atoms with Crippen LogP contribution in [-0.4, -0.2) is 0 Å². The van der Waals surface area contributed by atoms with E-state index in [9.17, 15) is 0 Å². The minimum absolute atomic E-state index is 1.10. The van der Waals surface area contributed by atoms with E-state index in [0.717, 1.165) is 51.2 Å². The molecule has 0 unspecified atom stereocenters. The fourth-order valence-electron chi connectivity index (χ4n) is 8.02. The summed E-state index contributed by atoms with van der Waals surface area (Å²) in [6, 6.07) is 79.4. The predicted octanol–water partition coefficient (Wildman–Crippen LogP) is 17.0. The molecular weight excluding hydrogens is 751 g/mol. The number of aryl methyl sites for hydroxylation is 5. The summed E-state index contributed by atoms with van der Waals surface area (Å²) in [5, 5.41) is 0. The quantitative estimate of drug-likeness (QED) is 0.129. The van der Waals surface area contributed by atoms with Crippen molar-refractivity contribution in [2.45, 2.75) is 34.6 Å². The largest absolute Gasteiger partial charge is 0.311 e. The lowest BCUT2D eigenvalue weighted by molar-refractivity contribution is 1.27. The predicted molar refractivity (Wildman–Crippen MR) is 265 cm³/mol. The van der Waals surface area contributed by atoms with Crippen LogP contribution in [0.2, 0.25) is 0 Å². The molecule has 0 saturated carbocycles. The molecule has 62 heavy (non-hydrogen) atoms. The van der Waals surface area contributed by atoms with Gasteiger partial charge in [-0.25, -0.2) is 0 Å². The maximum Gasteiger partial charge on any atom is 0.0462 e. The molecular formula is C59H51N3. The SMILES string of the molecule is Cc1ccc(N(c2ccc(C)cc2)c2ccc(-c3ccc(N(c4ccc(C)cc4)c4ccc(-c5ccc(N(c6ccc(C)cc6)c6ccc(C)cc6)cc5)cc4)cc3)cc2)cc1. The molecule has 0 aliphatic heterocycles. The number of benzene rings is 9. The average Bonchev–Trinajstić information content (AvgIpc) is 3.31. The highest BCUT2D eigenvalue weighted by atomic mass is 15.2. The molecule has 3 nitrogen and oxygen atoms in total. The van der Waals surface area contributed by atoms with Gasteiger partial charge in [0.2, 0.25) is 0 Å². The molecule has 0 N–H and O–H groups in total. The number of nitrogens with zero attached hydrogens (tertiary/aromatic N) is 3. The zero-order chi connectivity index (χ0) is 42.6. The minimum Gasteiger partial charge on any atom is -0.311 e. The maximum atomic E-state index is 2.33. The van der Waals surface area contributed by atoms with Crippen molar-refractivity contribution in [3.8, 4) is 22.3 Å². The smallest absolute Gasteiger partial charge is 0.0462 e. The molecule has 9 aromatic carbocycles. The summed E-state index contributed by atoms with van der Waals surface area (Å²) in [5.74, 6) is 0. The topological polar surface area (TPSA) is 9.72 Å². The van der Waals surface area contributed by atoms with Gasteiger partial charge in [0.15, 0.2) is 0 Å². The zero-order valence-corrected chi connectivity index (χ0v) is 36.1. The molecule has 0 fully saturated rings. The molecule has 0 bridgehead atoms.